The van der Waals surface area contributed by atoms with Crippen LogP contribution < -0.4 is 5.32 Å². The predicted octanol–water partition coefficient (Wildman–Crippen LogP) is 2.92. The molecule has 8 nitrogen and oxygen atoms in total. The minimum absolute atomic E-state index is 0.181. The summed E-state index contributed by atoms with van der Waals surface area (Å²) in [6.07, 6.45) is 6.83. The van der Waals surface area contributed by atoms with Gasteiger partial charge in [0.1, 0.15) is 4.21 Å². The van der Waals surface area contributed by atoms with Gasteiger partial charge in [-0.15, -0.1) is 11.3 Å². The summed E-state index contributed by atoms with van der Waals surface area (Å²) in [6.45, 7) is 2.16. The van der Waals surface area contributed by atoms with Gasteiger partial charge in [0.05, 0.1) is 24.5 Å². The van der Waals surface area contributed by atoms with E-state index in [2.05, 4.69) is 15.3 Å². The minimum atomic E-state index is -3.78. The number of hydrogen-bond donors (Lipinski definition) is 1. The van der Waals surface area contributed by atoms with Gasteiger partial charge in [-0.25, -0.2) is 8.42 Å². The van der Waals surface area contributed by atoms with Crippen LogP contribution in [0.2, 0.25) is 5.02 Å². The lowest BCUT2D eigenvalue weighted by Crippen LogP contribution is -2.54. The first-order chi connectivity index (χ1) is 15.9. The second-order valence-electron chi connectivity index (χ2n) is 8.34. The van der Waals surface area contributed by atoms with E-state index < -0.39 is 10.0 Å². The third kappa shape index (κ3) is 4.50. The van der Waals surface area contributed by atoms with Crippen molar-refractivity contribution in [3.8, 4) is 0 Å². The average molecular weight is 506 g/mol. The Balaban J connectivity index is 1.39. The van der Waals surface area contributed by atoms with Crippen molar-refractivity contribution in [2.75, 3.05) is 32.7 Å². The highest BCUT2D eigenvalue weighted by Crippen LogP contribution is 2.36. The fraction of sp³-hybridized carbons (Fsp3) is 0.409. The van der Waals surface area contributed by atoms with E-state index in [1.165, 1.54) is 15.6 Å². The van der Waals surface area contributed by atoms with Gasteiger partial charge in [0.25, 0.3) is 10.0 Å². The van der Waals surface area contributed by atoms with Crippen LogP contribution in [0.5, 0.6) is 0 Å². The van der Waals surface area contributed by atoms with E-state index in [1.54, 1.807) is 47.8 Å². The fourth-order valence-electron chi connectivity index (χ4n) is 4.68. The van der Waals surface area contributed by atoms with Crippen molar-refractivity contribution in [3.63, 3.8) is 0 Å². The minimum Gasteiger partial charge on any atom is -0.331 e. The summed E-state index contributed by atoms with van der Waals surface area (Å²) in [5.41, 5.74) is 0.760. The molecule has 1 aromatic carbocycles. The number of benzene rings is 1. The first-order valence-corrected chi connectivity index (χ1v) is 13.5. The van der Waals surface area contributed by atoms with E-state index in [1.807, 2.05) is 0 Å². The summed E-state index contributed by atoms with van der Waals surface area (Å²) in [4.78, 5) is 23.8. The monoisotopic (exact) mass is 505 g/mol. The molecule has 0 spiro atoms. The van der Waals surface area contributed by atoms with Crippen molar-refractivity contribution >= 4 is 49.0 Å². The molecule has 2 fully saturated rings. The maximum Gasteiger partial charge on any atom is 0.253 e. The number of rotatable bonds is 5. The average Bonchev–Trinajstić information content (AvgIpc) is 3.26. The van der Waals surface area contributed by atoms with Crippen LogP contribution in [0.4, 0.5) is 0 Å². The largest absolute Gasteiger partial charge is 0.331 e. The van der Waals surface area contributed by atoms with E-state index in [4.69, 9.17) is 11.6 Å². The number of halogens is 1. The van der Waals surface area contributed by atoms with Crippen LogP contribution in [0.3, 0.4) is 0 Å². The van der Waals surface area contributed by atoms with Crippen LogP contribution in [-0.4, -0.2) is 66.2 Å². The number of piperazine rings is 1. The standard InChI is InChI=1S/C22H24ClN5O3S2/c23-17-2-1-16-11-21(32-19(16)12-17)33(30,31)27-9-10-28(20(29)14-27)22(15-3-5-24-6-4-15)18-13-25-7-8-26-18/h1-2,7-8,11-13,15,22,24H,3-6,9-10,14H2. The van der Waals surface area contributed by atoms with Gasteiger partial charge in [0.2, 0.25) is 5.91 Å². The number of sulfonamides is 1. The molecule has 0 radical (unpaired) electrons. The molecule has 2 saturated heterocycles. The summed E-state index contributed by atoms with van der Waals surface area (Å²) in [7, 11) is -3.78. The highest BCUT2D eigenvalue weighted by molar-refractivity contribution is 7.91. The zero-order chi connectivity index (χ0) is 23.0. The number of piperidine rings is 1. The number of amides is 1. The molecule has 1 atom stereocenters. The number of fused-ring (bicyclic) bond motifs is 1. The van der Waals surface area contributed by atoms with E-state index in [0.29, 0.717) is 11.6 Å². The lowest BCUT2D eigenvalue weighted by Gasteiger charge is -2.42. The molecular weight excluding hydrogens is 482 g/mol. The molecule has 1 amide bonds. The van der Waals surface area contributed by atoms with Gasteiger partial charge in [-0.3, -0.25) is 14.8 Å². The first-order valence-electron chi connectivity index (χ1n) is 10.9. The second kappa shape index (κ2) is 9.27. The van der Waals surface area contributed by atoms with Gasteiger partial charge >= 0.3 is 0 Å². The predicted molar refractivity (Wildman–Crippen MR) is 128 cm³/mol. The van der Waals surface area contributed by atoms with Crippen LogP contribution in [0.1, 0.15) is 24.6 Å². The molecular formula is C22H24ClN5O3S2. The maximum absolute atomic E-state index is 13.3. The fourth-order valence-corrected chi connectivity index (χ4v) is 7.89. The summed E-state index contributed by atoms with van der Waals surface area (Å²) in [5, 5.41) is 4.74. The van der Waals surface area contributed by atoms with Crippen LogP contribution in [0.15, 0.2) is 47.1 Å². The Labute approximate surface area is 201 Å². The number of thiophene rings is 1. The lowest BCUT2D eigenvalue weighted by atomic mass is 9.87. The Kier molecular flexibility index (Phi) is 6.37. The SMILES string of the molecule is O=C1CN(S(=O)(=O)c2cc3ccc(Cl)cc3s2)CCN1C(c1cnccn1)C1CCNCC1. The molecule has 2 aliphatic heterocycles. The van der Waals surface area contributed by atoms with Crippen molar-refractivity contribution in [1.29, 1.82) is 0 Å². The van der Waals surface area contributed by atoms with Crippen LogP contribution >= 0.6 is 22.9 Å². The van der Waals surface area contributed by atoms with Gasteiger partial charge in [-0.05, 0) is 55.4 Å². The Morgan fingerprint density at radius 1 is 1.15 bits per heavy atom. The topological polar surface area (TPSA) is 95.5 Å². The Bertz CT molecular complexity index is 1260. The number of carbonyl (C=O) groups excluding carboxylic acids is 1. The lowest BCUT2D eigenvalue weighted by molar-refractivity contribution is -0.138. The smallest absolute Gasteiger partial charge is 0.253 e. The molecule has 174 valence electrons. The molecule has 5 rings (SSSR count). The van der Waals surface area contributed by atoms with Crippen molar-refractivity contribution in [3.05, 3.63) is 53.6 Å². The van der Waals surface area contributed by atoms with Crippen molar-refractivity contribution in [2.45, 2.75) is 23.1 Å². The summed E-state index contributed by atoms with van der Waals surface area (Å²) < 4.78 is 29.0. The number of carbonyl (C=O) groups is 1. The van der Waals surface area contributed by atoms with Crippen molar-refractivity contribution < 1.29 is 13.2 Å². The molecule has 3 aromatic rings. The first kappa shape index (κ1) is 22.7. The van der Waals surface area contributed by atoms with Crippen molar-refractivity contribution in [1.82, 2.24) is 24.5 Å². The van der Waals surface area contributed by atoms with Gasteiger partial charge < -0.3 is 10.2 Å². The highest BCUT2D eigenvalue weighted by atomic mass is 35.5. The zero-order valence-corrected chi connectivity index (χ0v) is 20.2. The van der Waals surface area contributed by atoms with Gasteiger partial charge in [-0.2, -0.15) is 4.31 Å². The Morgan fingerprint density at radius 2 is 1.97 bits per heavy atom. The second-order valence-corrected chi connectivity index (χ2v) is 12.0. The highest BCUT2D eigenvalue weighted by Gasteiger charge is 2.40. The molecule has 1 unspecified atom stereocenters. The summed E-state index contributed by atoms with van der Waals surface area (Å²) >= 11 is 7.23. The Hall–Kier alpha value is -2.11. The van der Waals surface area contributed by atoms with E-state index in [-0.39, 0.29) is 35.2 Å². The zero-order valence-electron chi connectivity index (χ0n) is 17.9. The number of hydrogen-bond acceptors (Lipinski definition) is 7. The molecule has 0 aliphatic carbocycles. The molecule has 1 N–H and O–H groups in total. The molecule has 2 aliphatic rings. The van der Waals surface area contributed by atoms with Crippen molar-refractivity contribution in [2.24, 2.45) is 5.92 Å². The maximum atomic E-state index is 13.3. The van der Waals surface area contributed by atoms with E-state index in [9.17, 15) is 13.2 Å². The summed E-state index contributed by atoms with van der Waals surface area (Å²) in [5.74, 6) is 0.0468. The number of aromatic nitrogens is 2. The summed E-state index contributed by atoms with van der Waals surface area (Å²) in [6, 6.07) is 6.75. The van der Waals surface area contributed by atoms with E-state index >= 15 is 0 Å². The van der Waals surface area contributed by atoms with Crippen LogP contribution in [0, 0.1) is 5.92 Å². The van der Waals surface area contributed by atoms with Crippen LogP contribution in [-0.2, 0) is 14.8 Å². The van der Waals surface area contributed by atoms with Gasteiger partial charge in [0.15, 0.2) is 0 Å². The molecule has 4 heterocycles. The van der Waals surface area contributed by atoms with Gasteiger partial charge in [0, 0.05) is 35.2 Å². The van der Waals surface area contributed by atoms with Crippen LogP contribution in [0.25, 0.3) is 10.1 Å². The molecule has 0 bridgehead atoms. The number of nitrogens with zero attached hydrogens (tertiary/aromatic N) is 4. The molecule has 11 heteroatoms. The number of nitrogens with one attached hydrogen (secondary N) is 1. The van der Waals surface area contributed by atoms with Gasteiger partial charge in [-0.1, -0.05) is 17.7 Å². The third-order valence-corrected chi connectivity index (χ3v) is 9.96. The molecule has 0 saturated carbocycles. The Morgan fingerprint density at radius 3 is 2.70 bits per heavy atom. The normalized spacial score (nSPS) is 19.8. The quantitative estimate of drug-likeness (QED) is 0.573. The molecule has 2 aromatic heterocycles. The third-order valence-electron chi connectivity index (χ3n) is 6.33. The molecule has 33 heavy (non-hydrogen) atoms. The van der Waals surface area contributed by atoms with E-state index in [0.717, 1.165) is 41.7 Å².